The van der Waals surface area contributed by atoms with E-state index in [-0.39, 0.29) is 0 Å². The van der Waals surface area contributed by atoms with Crippen LogP contribution in [0.4, 0.5) is 0 Å². The molecule has 0 N–H and O–H groups in total. The van der Waals surface area contributed by atoms with E-state index in [2.05, 4.69) is 94.7 Å². The zero-order valence-corrected chi connectivity index (χ0v) is 18.1. The lowest BCUT2D eigenvalue weighted by Gasteiger charge is -2.46. The minimum atomic E-state index is 0.789. The molecule has 156 valence electrons. The Hall–Kier alpha value is -2.68. The third-order valence-electron chi connectivity index (χ3n) is 7.28. The average molecular weight is 407 g/mol. The van der Waals surface area contributed by atoms with E-state index in [1.807, 2.05) is 0 Å². The molecular weight excluding hydrogens is 376 g/mol. The van der Waals surface area contributed by atoms with Gasteiger partial charge in [0.2, 0.25) is 0 Å². The Balaban J connectivity index is 1.16. The molecule has 0 saturated carbocycles. The molecule has 0 amide bonds. The molecule has 6 rings (SSSR count). The minimum Gasteiger partial charge on any atom is -0.298 e. The summed E-state index contributed by atoms with van der Waals surface area (Å²) < 4.78 is 0. The van der Waals surface area contributed by atoms with Crippen LogP contribution in [-0.2, 0) is 13.1 Å². The van der Waals surface area contributed by atoms with Gasteiger partial charge in [-0.2, -0.15) is 0 Å². The quantitative estimate of drug-likeness (QED) is 0.413. The highest BCUT2D eigenvalue weighted by molar-refractivity contribution is 5.86. The summed E-state index contributed by atoms with van der Waals surface area (Å²) in [6.07, 6.45) is 1.40. The second kappa shape index (κ2) is 8.11. The van der Waals surface area contributed by atoms with Crippen molar-refractivity contribution in [1.82, 2.24) is 9.80 Å². The molecule has 2 bridgehead atoms. The van der Waals surface area contributed by atoms with Crippen molar-refractivity contribution in [2.75, 3.05) is 26.2 Å². The fourth-order valence-electron chi connectivity index (χ4n) is 6.10. The molecule has 0 aliphatic carbocycles. The van der Waals surface area contributed by atoms with Crippen molar-refractivity contribution in [3.8, 4) is 0 Å². The summed E-state index contributed by atoms with van der Waals surface area (Å²) in [6, 6.07) is 31.2. The van der Waals surface area contributed by atoms with Crippen LogP contribution in [0.15, 0.2) is 84.9 Å². The highest BCUT2D eigenvalue weighted by Gasteiger charge is 2.34. The van der Waals surface area contributed by atoms with Crippen LogP contribution in [0, 0.1) is 11.8 Å². The van der Waals surface area contributed by atoms with Crippen LogP contribution in [0.5, 0.6) is 0 Å². The molecule has 0 radical (unpaired) electrons. The molecule has 4 aromatic rings. The first-order valence-electron chi connectivity index (χ1n) is 11.7. The molecule has 2 heterocycles. The van der Waals surface area contributed by atoms with Gasteiger partial charge in [0.15, 0.2) is 0 Å². The summed E-state index contributed by atoms with van der Waals surface area (Å²) in [6.45, 7) is 7.07. The van der Waals surface area contributed by atoms with Crippen molar-refractivity contribution in [2.24, 2.45) is 11.8 Å². The number of nitrogens with zero attached hydrogens (tertiary/aromatic N) is 2. The fraction of sp³-hybridized carbons (Fsp3) is 0.310. The van der Waals surface area contributed by atoms with E-state index in [4.69, 9.17) is 0 Å². The number of likely N-dealkylation sites (tertiary alicyclic amines) is 2. The summed E-state index contributed by atoms with van der Waals surface area (Å²) in [7, 11) is 0. The molecule has 2 heteroatoms. The van der Waals surface area contributed by atoms with Crippen LogP contribution in [0.3, 0.4) is 0 Å². The Morgan fingerprint density at radius 1 is 0.516 bits per heavy atom. The monoisotopic (exact) mass is 406 g/mol. The van der Waals surface area contributed by atoms with Gasteiger partial charge in [-0.1, -0.05) is 84.9 Å². The van der Waals surface area contributed by atoms with Gasteiger partial charge in [0.25, 0.3) is 0 Å². The molecule has 2 saturated heterocycles. The van der Waals surface area contributed by atoms with Crippen molar-refractivity contribution < 1.29 is 0 Å². The summed E-state index contributed by atoms with van der Waals surface area (Å²) in [5, 5.41) is 5.55. The van der Waals surface area contributed by atoms with E-state index >= 15 is 0 Å². The van der Waals surface area contributed by atoms with Crippen molar-refractivity contribution >= 4 is 21.5 Å². The maximum atomic E-state index is 2.72. The SMILES string of the molecule is c1ccc2c(CN3CC4CC(C3)CN(Cc3cccc5ccccc35)C4)cccc2c1. The Morgan fingerprint density at radius 2 is 0.935 bits per heavy atom. The molecule has 0 aromatic heterocycles. The molecule has 2 nitrogen and oxygen atoms in total. The topological polar surface area (TPSA) is 6.48 Å². The summed E-state index contributed by atoms with van der Waals surface area (Å²) >= 11 is 0. The Bertz CT molecular complexity index is 1100. The normalized spacial score (nSPS) is 22.2. The van der Waals surface area contributed by atoms with Crippen LogP contribution in [0.25, 0.3) is 21.5 Å². The highest BCUT2D eigenvalue weighted by Crippen LogP contribution is 2.32. The standard InChI is InChI=1S/C29H30N2/c1-3-13-28-24(7-1)9-5-11-26(28)20-30-16-22-15-23(17-30)19-31(18-22)21-27-12-6-10-25-8-2-4-14-29(25)27/h1-14,22-23H,15-21H2. The third-order valence-corrected chi connectivity index (χ3v) is 7.28. The zero-order valence-electron chi connectivity index (χ0n) is 18.1. The second-order valence-electron chi connectivity index (χ2n) is 9.63. The van der Waals surface area contributed by atoms with Crippen molar-refractivity contribution in [3.63, 3.8) is 0 Å². The van der Waals surface area contributed by atoms with Gasteiger partial charge < -0.3 is 0 Å². The van der Waals surface area contributed by atoms with E-state index in [0.29, 0.717) is 0 Å². The molecule has 0 unspecified atom stereocenters. The number of fused-ring (bicyclic) bond motifs is 4. The first-order chi connectivity index (χ1) is 15.3. The van der Waals surface area contributed by atoms with Crippen LogP contribution in [0.1, 0.15) is 17.5 Å². The van der Waals surface area contributed by atoms with Gasteiger partial charge in [-0.05, 0) is 50.9 Å². The van der Waals surface area contributed by atoms with Crippen LogP contribution in [-0.4, -0.2) is 36.0 Å². The molecule has 4 aromatic carbocycles. The molecule has 2 aliphatic heterocycles. The molecule has 31 heavy (non-hydrogen) atoms. The number of benzene rings is 4. The lowest BCUT2D eigenvalue weighted by atomic mass is 9.84. The number of rotatable bonds is 4. The van der Waals surface area contributed by atoms with E-state index in [1.165, 1.54) is 65.3 Å². The largest absolute Gasteiger partial charge is 0.298 e. The number of hydrogen-bond acceptors (Lipinski definition) is 2. The lowest BCUT2D eigenvalue weighted by Crippen LogP contribution is -2.52. The van der Waals surface area contributed by atoms with E-state index in [1.54, 1.807) is 0 Å². The van der Waals surface area contributed by atoms with Gasteiger partial charge in [-0.3, -0.25) is 9.80 Å². The van der Waals surface area contributed by atoms with Gasteiger partial charge in [0.1, 0.15) is 0 Å². The van der Waals surface area contributed by atoms with Crippen LogP contribution < -0.4 is 0 Å². The predicted octanol–water partition coefficient (Wildman–Crippen LogP) is 5.95. The maximum absolute atomic E-state index is 2.72. The summed E-state index contributed by atoms with van der Waals surface area (Å²) in [5.74, 6) is 1.58. The van der Waals surface area contributed by atoms with E-state index in [0.717, 1.165) is 24.9 Å². The molecule has 0 atom stereocenters. The smallest absolute Gasteiger partial charge is 0.0240 e. The fourth-order valence-corrected chi connectivity index (χ4v) is 6.10. The zero-order chi connectivity index (χ0) is 20.6. The van der Waals surface area contributed by atoms with Crippen LogP contribution in [0.2, 0.25) is 0 Å². The predicted molar refractivity (Wildman–Crippen MR) is 130 cm³/mol. The van der Waals surface area contributed by atoms with Crippen molar-refractivity contribution in [1.29, 1.82) is 0 Å². The Kier molecular flexibility index (Phi) is 4.98. The van der Waals surface area contributed by atoms with Gasteiger partial charge in [-0.25, -0.2) is 0 Å². The van der Waals surface area contributed by atoms with E-state index in [9.17, 15) is 0 Å². The summed E-state index contributed by atoms with van der Waals surface area (Å²) in [5.41, 5.74) is 2.95. The third kappa shape index (κ3) is 3.86. The Labute approximate surface area is 185 Å². The first kappa shape index (κ1) is 19.0. The first-order valence-corrected chi connectivity index (χ1v) is 11.7. The van der Waals surface area contributed by atoms with Crippen molar-refractivity contribution in [2.45, 2.75) is 19.5 Å². The number of hydrogen-bond donors (Lipinski definition) is 0. The number of piperidine rings is 2. The van der Waals surface area contributed by atoms with E-state index < -0.39 is 0 Å². The molecule has 2 fully saturated rings. The molecule has 2 aliphatic rings. The van der Waals surface area contributed by atoms with Gasteiger partial charge in [0.05, 0.1) is 0 Å². The van der Waals surface area contributed by atoms with Gasteiger partial charge >= 0.3 is 0 Å². The van der Waals surface area contributed by atoms with Crippen molar-refractivity contribution in [3.05, 3.63) is 96.1 Å². The highest BCUT2D eigenvalue weighted by atomic mass is 15.2. The second-order valence-corrected chi connectivity index (χ2v) is 9.63. The Morgan fingerprint density at radius 3 is 1.42 bits per heavy atom. The van der Waals surface area contributed by atoms with Gasteiger partial charge in [-0.15, -0.1) is 0 Å². The molecular formula is C29H30N2. The minimum absolute atomic E-state index is 0.789. The van der Waals surface area contributed by atoms with Gasteiger partial charge in [0, 0.05) is 39.3 Å². The lowest BCUT2D eigenvalue weighted by molar-refractivity contribution is 0.0245. The van der Waals surface area contributed by atoms with Crippen LogP contribution >= 0.6 is 0 Å². The molecule has 0 spiro atoms. The average Bonchev–Trinajstić information content (AvgIpc) is 2.79. The maximum Gasteiger partial charge on any atom is 0.0240 e. The summed E-state index contributed by atoms with van der Waals surface area (Å²) in [4.78, 5) is 5.44.